The van der Waals surface area contributed by atoms with Gasteiger partial charge in [-0.2, -0.15) is 13.2 Å². The van der Waals surface area contributed by atoms with Gasteiger partial charge in [0.25, 0.3) is 11.8 Å². The number of ether oxygens (including phenoxy) is 1. The molecule has 0 atom stereocenters. The smallest absolute Gasteiger partial charge is 0.405 e. The van der Waals surface area contributed by atoms with Crippen molar-refractivity contribution in [2.45, 2.75) is 6.18 Å². The van der Waals surface area contributed by atoms with Gasteiger partial charge in [0, 0.05) is 0 Å². The molecule has 0 saturated heterocycles. The second-order valence-electron chi connectivity index (χ2n) is 5.34. The van der Waals surface area contributed by atoms with E-state index >= 15 is 0 Å². The highest BCUT2D eigenvalue weighted by Crippen LogP contribution is 2.18. The highest BCUT2D eigenvalue weighted by atomic mass is 19.4. The lowest BCUT2D eigenvalue weighted by atomic mass is 10.1. The van der Waals surface area contributed by atoms with E-state index in [4.69, 9.17) is 4.74 Å². The SMILES string of the molecule is O=Cc1ccccc1OCC(=O)Nc1ccccc1C(=O)NCC(F)(F)F. The van der Waals surface area contributed by atoms with Crippen LogP contribution in [0.3, 0.4) is 0 Å². The molecule has 0 radical (unpaired) electrons. The number of aldehydes is 1. The van der Waals surface area contributed by atoms with Crippen molar-refractivity contribution < 1.29 is 32.3 Å². The van der Waals surface area contributed by atoms with E-state index in [0.717, 1.165) is 0 Å². The molecule has 2 amide bonds. The second kappa shape index (κ2) is 8.84. The highest BCUT2D eigenvalue weighted by molar-refractivity contribution is 6.04. The normalized spacial score (nSPS) is 10.8. The summed E-state index contributed by atoms with van der Waals surface area (Å²) in [5, 5.41) is 4.14. The molecular formula is C18H15F3N2O4. The van der Waals surface area contributed by atoms with Gasteiger partial charge in [-0.1, -0.05) is 24.3 Å². The van der Waals surface area contributed by atoms with Crippen molar-refractivity contribution in [3.05, 3.63) is 59.7 Å². The third-order valence-corrected chi connectivity index (χ3v) is 3.30. The first kappa shape index (κ1) is 20.0. The number of hydrogen-bond donors (Lipinski definition) is 2. The third kappa shape index (κ3) is 6.14. The minimum Gasteiger partial charge on any atom is -0.483 e. The Labute approximate surface area is 152 Å². The van der Waals surface area contributed by atoms with E-state index in [2.05, 4.69) is 5.32 Å². The maximum Gasteiger partial charge on any atom is 0.405 e. The Hall–Kier alpha value is -3.36. The molecule has 0 aliphatic carbocycles. The summed E-state index contributed by atoms with van der Waals surface area (Å²) in [4.78, 5) is 34.9. The number of alkyl halides is 3. The first-order valence-electron chi connectivity index (χ1n) is 7.71. The fourth-order valence-corrected chi connectivity index (χ4v) is 2.10. The van der Waals surface area contributed by atoms with E-state index < -0.39 is 31.1 Å². The topological polar surface area (TPSA) is 84.5 Å². The molecule has 6 nitrogen and oxygen atoms in total. The first-order valence-corrected chi connectivity index (χ1v) is 7.71. The minimum atomic E-state index is -4.55. The van der Waals surface area contributed by atoms with Crippen LogP contribution in [0, 0.1) is 0 Å². The molecule has 0 fully saturated rings. The van der Waals surface area contributed by atoms with Crippen molar-refractivity contribution in [1.29, 1.82) is 0 Å². The van der Waals surface area contributed by atoms with E-state index in [0.29, 0.717) is 6.29 Å². The van der Waals surface area contributed by atoms with E-state index in [9.17, 15) is 27.6 Å². The Morgan fingerprint density at radius 3 is 2.41 bits per heavy atom. The molecule has 2 aromatic carbocycles. The molecule has 0 aliphatic heterocycles. The van der Waals surface area contributed by atoms with Crippen LogP contribution in [-0.4, -0.2) is 37.4 Å². The number of para-hydroxylation sites is 2. The van der Waals surface area contributed by atoms with Crippen LogP contribution in [-0.2, 0) is 4.79 Å². The standard InChI is InChI=1S/C18H15F3N2O4/c19-18(20,21)11-22-17(26)13-6-2-3-7-14(13)23-16(25)10-27-15-8-4-1-5-12(15)9-24/h1-9H,10-11H2,(H,22,26)(H,23,25). The van der Waals surface area contributed by atoms with Crippen molar-refractivity contribution in [3.63, 3.8) is 0 Å². The first-order chi connectivity index (χ1) is 12.8. The summed E-state index contributed by atoms with van der Waals surface area (Å²) in [5.74, 6) is -1.42. The number of benzene rings is 2. The van der Waals surface area contributed by atoms with Gasteiger partial charge in [0.15, 0.2) is 12.9 Å². The highest BCUT2D eigenvalue weighted by Gasteiger charge is 2.28. The molecule has 0 bridgehead atoms. The molecule has 0 aromatic heterocycles. The molecule has 0 heterocycles. The largest absolute Gasteiger partial charge is 0.483 e. The second-order valence-corrected chi connectivity index (χ2v) is 5.34. The van der Waals surface area contributed by atoms with Crippen molar-refractivity contribution >= 4 is 23.8 Å². The van der Waals surface area contributed by atoms with Crippen LogP contribution in [0.2, 0.25) is 0 Å². The maximum absolute atomic E-state index is 12.2. The van der Waals surface area contributed by atoms with Crippen LogP contribution in [0.4, 0.5) is 18.9 Å². The fourth-order valence-electron chi connectivity index (χ4n) is 2.10. The fraction of sp³-hybridized carbons (Fsp3) is 0.167. The summed E-state index contributed by atoms with van der Waals surface area (Å²) in [7, 11) is 0. The Balaban J connectivity index is 2.01. The average molecular weight is 380 g/mol. The quantitative estimate of drug-likeness (QED) is 0.724. The Morgan fingerprint density at radius 2 is 1.70 bits per heavy atom. The zero-order valence-corrected chi connectivity index (χ0v) is 13.9. The van der Waals surface area contributed by atoms with E-state index in [1.807, 2.05) is 0 Å². The minimum absolute atomic E-state index is 0.0365. The molecule has 0 saturated carbocycles. The van der Waals surface area contributed by atoms with Gasteiger partial charge in [0.1, 0.15) is 12.3 Å². The zero-order valence-electron chi connectivity index (χ0n) is 13.9. The molecule has 0 spiro atoms. The molecule has 0 aliphatic rings. The van der Waals surface area contributed by atoms with Gasteiger partial charge in [0.05, 0.1) is 16.8 Å². The molecule has 0 unspecified atom stereocenters. The van der Waals surface area contributed by atoms with Crippen LogP contribution in [0.5, 0.6) is 5.75 Å². The van der Waals surface area contributed by atoms with Gasteiger partial charge < -0.3 is 15.4 Å². The Morgan fingerprint density at radius 1 is 1.04 bits per heavy atom. The van der Waals surface area contributed by atoms with Crippen molar-refractivity contribution in [2.75, 3.05) is 18.5 Å². The van der Waals surface area contributed by atoms with Crippen LogP contribution in [0.25, 0.3) is 0 Å². The average Bonchev–Trinajstić information content (AvgIpc) is 2.64. The number of halogens is 3. The summed E-state index contributed by atoms with van der Waals surface area (Å²) in [6, 6.07) is 11.9. The van der Waals surface area contributed by atoms with Gasteiger partial charge in [0.2, 0.25) is 0 Å². The van der Waals surface area contributed by atoms with Crippen molar-refractivity contribution in [2.24, 2.45) is 0 Å². The number of hydrogen-bond acceptors (Lipinski definition) is 4. The number of carbonyl (C=O) groups is 3. The number of carbonyl (C=O) groups excluding carboxylic acids is 3. The molecule has 2 aromatic rings. The van der Waals surface area contributed by atoms with Crippen LogP contribution in [0.15, 0.2) is 48.5 Å². The Kier molecular flexibility index (Phi) is 6.53. The van der Waals surface area contributed by atoms with Gasteiger partial charge in [-0.3, -0.25) is 14.4 Å². The van der Waals surface area contributed by atoms with E-state index in [-0.39, 0.29) is 22.6 Å². The summed E-state index contributed by atoms with van der Waals surface area (Å²) in [6.45, 7) is -1.94. The number of amides is 2. The van der Waals surface area contributed by atoms with Crippen LogP contribution in [0.1, 0.15) is 20.7 Å². The maximum atomic E-state index is 12.2. The number of anilines is 1. The van der Waals surface area contributed by atoms with E-state index in [1.54, 1.807) is 17.4 Å². The van der Waals surface area contributed by atoms with Crippen LogP contribution < -0.4 is 15.4 Å². The molecule has 2 N–H and O–H groups in total. The number of nitrogens with one attached hydrogen (secondary N) is 2. The Bertz CT molecular complexity index is 837. The number of rotatable bonds is 7. The molecule has 142 valence electrons. The lowest BCUT2D eigenvalue weighted by molar-refractivity contribution is -0.123. The van der Waals surface area contributed by atoms with Gasteiger partial charge in [-0.15, -0.1) is 0 Å². The summed E-state index contributed by atoms with van der Waals surface area (Å²) >= 11 is 0. The van der Waals surface area contributed by atoms with Crippen LogP contribution >= 0.6 is 0 Å². The van der Waals surface area contributed by atoms with Gasteiger partial charge in [-0.05, 0) is 24.3 Å². The van der Waals surface area contributed by atoms with Crippen molar-refractivity contribution in [3.8, 4) is 5.75 Å². The predicted molar refractivity (Wildman–Crippen MR) is 90.8 cm³/mol. The van der Waals surface area contributed by atoms with E-state index in [1.165, 1.54) is 36.4 Å². The molecule has 27 heavy (non-hydrogen) atoms. The predicted octanol–water partition coefficient (Wildman–Crippen LogP) is 2.81. The van der Waals surface area contributed by atoms with Gasteiger partial charge in [-0.25, -0.2) is 0 Å². The third-order valence-electron chi connectivity index (χ3n) is 3.30. The lowest BCUT2D eigenvalue weighted by Gasteiger charge is -2.13. The van der Waals surface area contributed by atoms with Gasteiger partial charge >= 0.3 is 6.18 Å². The summed E-state index contributed by atoms with van der Waals surface area (Å²) in [6.07, 6.45) is -3.97. The lowest BCUT2D eigenvalue weighted by Crippen LogP contribution is -2.34. The summed E-state index contributed by atoms with van der Waals surface area (Å²) < 4.78 is 42.0. The monoisotopic (exact) mass is 380 g/mol. The van der Waals surface area contributed by atoms with Crippen molar-refractivity contribution in [1.82, 2.24) is 5.32 Å². The molecular weight excluding hydrogens is 365 g/mol. The zero-order chi connectivity index (χ0) is 19.9. The molecule has 9 heteroatoms. The molecule has 2 rings (SSSR count). The summed E-state index contributed by atoms with van der Waals surface area (Å²) in [5.41, 5.74) is 0.176.